The predicted octanol–water partition coefficient (Wildman–Crippen LogP) is 2.19. The van der Waals surface area contributed by atoms with Crippen molar-refractivity contribution in [2.45, 2.75) is 39.7 Å². The van der Waals surface area contributed by atoms with Crippen molar-refractivity contribution in [2.75, 3.05) is 13.1 Å². The van der Waals surface area contributed by atoms with Gasteiger partial charge in [-0.15, -0.1) is 0 Å². The average molecular weight is 321 g/mol. The zero-order chi connectivity index (χ0) is 16.2. The fourth-order valence-electron chi connectivity index (χ4n) is 2.65. The Hall–Kier alpha value is -1.42. The molecule has 120 valence electrons. The normalized spacial score (nSPS) is 17.3. The van der Waals surface area contributed by atoms with E-state index in [4.69, 9.17) is 5.26 Å². The molecule has 6 heteroatoms. The Morgan fingerprint density at radius 3 is 2.64 bits per heavy atom. The van der Waals surface area contributed by atoms with E-state index in [0.717, 1.165) is 30.4 Å². The largest absolute Gasteiger partial charge is 0.279 e. The van der Waals surface area contributed by atoms with Crippen LogP contribution in [0.2, 0.25) is 0 Å². The van der Waals surface area contributed by atoms with Crippen molar-refractivity contribution in [3.8, 4) is 6.07 Å². The summed E-state index contributed by atoms with van der Waals surface area (Å²) in [7, 11) is -3.42. The molecule has 0 radical (unpaired) electrons. The highest BCUT2D eigenvalue weighted by molar-refractivity contribution is 7.87. The van der Waals surface area contributed by atoms with Gasteiger partial charge in [0.25, 0.3) is 10.2 Å². The van der Waals surface area contributed by atoms with E-state index in [9.17, 15) is 8.42 Å². The van der Waals surface area contributed by atoms with E-state index in [0.29, 0.717) is 24.6 Å². The summed E-state index contributed by atoms with van der Waals surface area (Å²) in [5, 5.41) is 9.02. The van der Waals surface area contributed by atoms with Gasteiger partial charge < -0.3 is 0 Å². The fraction of sp³-hybridized carbons (Fsp3) is 0.562. The molecule has 0 aliphatic carbocycles. The molecular formula is C16H23N3O2S. The van der Waals surface area contributed by atoms with Crippen molar-refractivity contribution in [2.24, 2.45) is 5.92 Å². The van der Waals surface area contributed by atoms with Gasteiger partial charge >= 0.3 is 0 Å². The van der Waals surface area contributed by atoms with Gasteiger partial charge in [0, 0.05) is 19.6 Å². The van der Waals surface area contributed by atoms with Gasteiger partial charge in [-0.1, -0.05) is 26.0 Å². The van der Waals surface area contributed by atoms with Crippen LogP contribution in [0.3, 0.4) is 0 Å². The van der Waals surface area contributed by atoms with Crippen LogP contribution < -0.4 is 4.72 Å². The molecule has 1 aliphatic heterocycles. The molecule has 5 nitrogen and oxygen atoms in total. The quantitative estimate of drug-likeness (QED) is 0.903. The van der Waals surface area contributed by atoms with Crippen LogP contribution in [-0.2, 0) is 23.2 Å². The molecule has 0 amide bonds. The highest BCUT2D eigenvalue weighted by Gasteiger charge is 2.25. The summed E-state index contributed by atoms with van der Waals surface area (Å²) in [5.41, 5.74) is 2.48. The summed E-state index contributed by atoms with van der Waals surface area (Å²) < 4.78 is 28.8. The van der Waals surface area contributed by atoms with Crippen LogP contribution in [0.1, 0.15) is 43.4 Å². The Balaban J connectivity index is 2.01. The number of rotatable bonds is 5. The van der Waals surface area contributed by atoms with Crippen LogP contribution >= 0.6 is 0 Å². The minimum atomic E-state index is -3.42. The zero-order valence-electron chi connectivity index (χ0n) is 13.2. The lowest BCUT2D eigenvalue weighted by Crippen LogP contribution is -2.44. The molecule has 0 aromatic heterocycles. The summed E-state index contributed by atoms with van der Waals surface area (Å²) in [6.07, 6.45) is 2.59. The third-order valence-corrected chi connectivity index (χ3v) is 5.77. The topological polar surface area (TPSA) is 73.2 Å². The monoisotopic (exact) mass is 321 g/mol. The minimum Gasteiger partial charge on any atom is -0.198 e. The summed E-state index contributed by atoms with van der Waals surface area (Å²) in [5.74, 6) is 0.595. The molecule has 0 spiro atoms. The third-order valence-electron chi connectivity index (χ3n) is 4.21. The molecule has 0 bridgehead atoms. The van der Waals surface area contributed by atoms with E-state index >= 15 is 0 Å². The molecule has 1 saturated heterocycles. The van der Waals surface area contributed by atoms with Crippen molar-refractivity contribution < 1.29 is 8.42 Å². The van der Waals surface area contributed by atoms with Gasteiger partial charge in [-0.05, 0) is 42.4 Å². The van der Waals surface area contributed by atoms with E-state index < -0.39 is 10.2 Å². The Bertz CT molecular complexity index is 656. The zero-order valence-corrected chi connectivity index (χ0v) is 14.0. The Labute approximate surface area is 133 Å². The van der Waals surface area contributed by atoms with Crippen LogP contribution in [-0.4, -0.2) is 25.8 Å². The van der Waals surface area contributed by atoms with E-state index in [1.165, 1.54) is 4.31 Å². The lowest BCUT2D eigenvalue weighted by atomic mass is 10.0. The number of benzene rings is 1. The standard InChI is InChI=1S/C16H23N3O2S/c1-3-15-10-14(4-5-16(15)11-17)12-18-22(20,21)19-8-6-13(2)7-9-19/h4-5,10,13,18H,3,6-9,12H2,1-2H3. The van der Waals surface area contributed by atoms with Crippen molar-refractivity contribution in [3.05, 3.63) is 34.9 Å². The maximum Gasteiger partial charge on any atom is 0.279 e. The van der Waals surface area contributed by atoms with Crippen molar-refractivity contribution >= 4 is 10.2 Å². The molecule has 0 atom stereocenters. The number of hydrogen-bond donors (Lipinski definition) is 1. The lowest BCUT2D eigenvalue weighted by molar-refractivity contribution is 0.285. The van der Waals surface area contributed by atoms with Gasteiger partial charge in [0.15, 0.2) is 0 Å². The number of nitrogens with zero attached hydrogens (tertiary/aromatic N) is 2. The molecule has 1 N–H and O–H groups in total. The molecule has 22 heavy (non-hydrogen) atoms. The predicted molar refractivity (Wildman–Crippen MR) is 86.3 cm³/mol. The summed E-state index contributed by atoms with van der Waals surface area (Å²) in [6.45, 7) is 5.57. The van der Waals surface area contributed by atoms with E-state index in [1.807, 2.05) is 13.0 Å². The maximum atomic E-state index is 12.3. The number of hydrogen-bond acceptors (Lipinski definition) is 3. The van der Waals surface area contributed by atoms with Crippen LogP contribution in [0.15, 0.2) is 18.2 Å². The second kappa shape index (κ2) is 7.23. The van der Waals surface area contributed by atoms with Gasteiger partial charge in [-0.2, -0.15) is 22.7 Å². The van der Waals surface area contributed by atoms with Gasteiger partial charge in [-0.3, -0.25) is 0 Å². The summed E-state index contributed by atoms with van der Waals surface area (Å²) in [6, 6.07) is 7.62. The van der Waals surface area contributed by atoms with E-state index in [1.54, 1.807) is 12.1 Å². The van der Waals surface area contributed by atoms with Crippen LogP contribution in [0.25, 0.3) is 0 Å². The fourth-order valence-corrected chi connectivity index (χ4v) is 3.87. The molecule has 0 unspecified atom stereocenters. The molecule has 1 aromatic carbocycles. The van der Waals surface area contributed by atoms with Crippen LogP contribution in [0.4, 0.5) is 0 Å². The number of nitriles is 1. The van der Waals surface area contributed by atoms with E-state index in [-0.39, 0.29) is 6.54 Å². The number of piperidine rings is 1. The van der Waals surface area contributed by atoms with Gasteiger partial charge in [0.1, 0.15) is 0 Å². The molecular weight excluding hydrogens is 298 g/mol. The first-order valence-electron chi connectivity index (χ1n) is 7.73. The molecule has 2 rings (SSSR count). The molecule has 1 aromatic rings. The number of aryl methyl sites for hydroxylation is 1. The summed E-state index contributed by atoms with van der Waals surface area (Å²) in [4.78, 5) is 0. The Morgan fingerprint density at radius 1 is 1.36 bits per heavy atom. The summed E-state index contributed by atoms with van der Waals surface area (Å²) >= 11 is 0. The third kappa shape index (κ3) is 4.07. The second-order valence-electron chi connectivity index (χ2n) is 5.86. The highest BCUT2D eigenvalue weighted by atomic mass is 32.2. The first-order chi connectivity index (χ1) is 10.5. The average Bonchev–Trinajstić information content (AvgIpc) is 2.53. The van der Waals surface area contributed by atoms with Crippen LogP contribution in [0.5, 0.6) is 0 Å². The van der Waals surface area contributed by atoms with Crippen molar-refractivity contribution in [1.29, 1.82) is 5.26 Å². The van der Waals surface area contributed by atoms with Gasteiger partial charge in [0.2, 0.25) is 0 Å². The smallest absolute Gasteiger partial charge is 0.198 e. The van der Waals surface area contributed by atoms with Crippen LogP contribution in [0, 0.1) is 17.2 Å². The van der Waals surface area contributed by atoms with Crippen molar-refractivity contribution in [3.63, 3.8) is 0 Å². The highest BCUT2D eigenvalue weighted by Crippen LogP contribution is 2.18. The maximum absolute atomic E-state index is 12.3. The lowest BCUT2D eigenvalue weighted by Gasteiger charge is -2.29. The molecule has 1 aliphatic rings. The Morgan fingerprint density at radius 2 is 2.05 bits per heavy atom. The number of nitrogens with one attached hydrogen (secondary N) is 1. The van der Waals surface area contributed by atoms with Gasteiger partial charge in [-0.25, -0.2) is 0 Å². The second-order valence-corrected chi connectivity index (χ2v) is 7.62. The Kier molecular flexibility index (Phi) is 5.57. The SMILES string of the molecule is CCc1cc(CNS(=O)(=O)N2CCC(C)CC2)ccc1C#N. The minimum absolute atomic E-state index is 0.257. The molecule has 0 saturated carbocycles. The molecule has 1 heterocycles. The molecule has 1 fully saturated rings. The first-order valence-corrected chi connectivity index (χ1v) is 9.17. The van der Waals surface area contributed by atoms with E-state index in [2.05, 4.69) is 17.7 Å². The van der Waals surface area contributed by atoms with Crippen molar-refractivity contribution in [1.82, 2.24) is 9.03 Å². The first kappa shape index (κ1) is 16.9. The van der Waals surface area contributed by atoms with Gasteiger partial charge in [0.05, 0.1) is 11.6 Å².